The molecule has 0 amide bonds. The number of aliphatic imine (C=N–C) groups is 1. The minimum Gasteiger partial charge on any atom is -0.353 e. The van der Waals surface area contributed by atoms with E-state index in [0.29, 0.717) is 12.6 Å². The molecule has 1 fully saturated rings. The van der Waals surface area contributed by atoms with Crippen molar-refractivity contribution in [2.24, 2.45) is 12.0 Å². The number of fused-ring (bicyclic) bond motifs is 1. The number of guanidine groups is 1. The van der Waals surface area contributed by atoms with E-state index >= 15 is 0 Å². The Bertz CT molecular complexity index is 976. The molecule has 1 aromatic heterocycles. The third kappa shape index (κ3) is 4.81. The van der Waals surface area contributed by atoms with E-state index in [-0.39, 0.29) is 24.0 Å². The molecule has 7 heteroatoms. The van der Waals surface area contributed by atoms with E-state index in [1.807, 2.05) is 18.5 Å². The van der Waals surface area contributed by atoms with Gasteiger partial charge in [-0.25, -0.2) is 4.99 Å². The summed E-state index contributed by atoms with van der Waals surface area (Å²) in [7, 11) is 4.07. The van der Waals surface area contributed by atoms with Crippen LogP contribution in [0.5, 0.6) is 0 Å². The Hall–Kier alpha value is -2.16. The van der Waals surface area contributed by atoms with Crippen LogP contribution < -0.4 is 5.32 Å². The molecule has 0 atom stereocenters. The molecule has 0 spiro atoms. The summed E-state index contributed by atoms with van der Waals surface area (Å²) in [6.45, 7) is 3.28. The normalized spacial score (nSPS) is 14.0. The molecule has 2 aromatic carbocycles. The first kappa shape index (κ1) is 20.6. The van der Waals surface area contributed by atoms with Crippen molar-refractivity contribution in [1.29, 1.82) is 0 Å². The second kappa shape index (κ2) is 8.89. The number of halogens is 1. The standard InChI is InChI=1S/C21H26N6.HI/c1-15-24-25-20(27(15)3)13-22-21(23-19-10-11-19)26(2)14-16-8-9-17-6-4-5-7-18(17)12-16;/h4-9,12,19H,10-11,13-14H2,1-3H3,(H,22,23);1H. The smallest absolute Gasteiger partial charge is 0.194 e. The molecule has 6 nitrogen and oxygen atoms in total. The van der Waals surface area contributed by atoms with Gasteiger partial charge in [0.15, 0.2) is 11.8 Å². The zero-order valence-corrected chi connectivity index (χ0v) is 18.9. The maximum atomic E-state index is 4.81. The highest BCUT2D eigenvalue weighted by Crippen LogP contribution is 2.20. The highest BCUT2D eigenvalue weighted by molar-refractivity contribution is 14.0. The van der Waals surface area contributed by atoms with Crippen LogP contribution >= 0.6 is 24.0 Å². The van der Waals surface area contributed by atoms with Gasteiger partial charge in [0.1, 0.15) is 12.4 Å². The van der Waals surface area contributed by atoms with Crippen molar-refractivity contribution in [3.05, 3.63) is 59.7 Å². The van der Waals surface area contributed by atoms with Crippen molar-refractivity contribution in [2.75, 3.05) is 7.05 Å². The van der Waals surface area contributed by atoms with E-state index in [1.165, 1.54) is 29.2 Å². The summed E-state index contributed by atoms with van der Waals surface area (Å²) in [6.07, 6.45) is 2.43. The van der Waals surface area contributed by atoms with Crippen molar-refractivity contribution in [3.8, 4) is 0 Å². The summed E-state index contributed by atoms with van der Waals surface area (Å²) >= 11 is 0. The third-order valence-corrected chi connectivity index (χ3v) is 5.06. The summed E-state index contributed by atoms with van der Waals surface area (Å²) < 4.78 is 1.99. The highest BCUT2D eigenvalue weighted by atomic mass is 127. The van der Waals surface area contributed by atoms with Crippen molar-refractivity contribution < 1.29 is 0 Å². The second-order valence-corrected chi connectivity index (χ2v) is 7.32. The molecule has 0 unspecified atom stereocenters. The summed E-state index contributed by atoms with van der Waals surface area (Å²) in [5.74, 6) is 2.70. The maximum Gasteiger partial charge on any atom is 0.194 e. The molecule has 1 aliphatic carbocycles. The molecule has 1 saturated carbocycles. The fourth-order valence-corrected chi connectivity index (χ4v) is 3.11. The van der Waals surface area contributed by atoms with Gasteiger partial charge in [0.05, 0.1) is 0 Å². The van der Waals surface area contributed by atoms with Crippen LogP contribution in [-0.4, -0.2) is 38.7 Å². The summed E-state index contributed by atoms with van der Waals surface area (Å²) in [4.78, 5) is 7.00. The molecule has 3 aromatic rings. The molecule has 28 heavy (non-hydrogen) atoms. The largest absolute Gasteiger partial charge is 0.353 e. The number of benzene rings is 2. The average molecular weight is 490 g/mol. The van der Waals surface area contributed by atoms with E-state index in [9.17, 15) is 0 Å². The van der Waals surface area contributed by atoms with Crippen LogP contribution in [0.1, 0.15) is 30.1 Å². The second-order valence-electron chi connectivity index (χ2n) is 7.32. The first-order chi connectivity index (χ1) is 13.1. The van der Waals surface area contributed by atoms with Crippen molar-refractivity contribution >= 4 is 40.7 Å². The van der Waals surface area contributed by atoms with E-state index in [4.69, 9.17) is 4.99 Å². The molecular formula is C21H27IN6. The van der Waals surface area contributed by atoms with Gasteiger partial charge < -0.3 is 14.8 Å². The van der Waals surface area contributed by atoms with E-state index in [0.717, 1.165) is 24.2 Å². The van der Waals surface area contributed by atoms with Gasteiger partial charge in [-0.15, -0.1) is 34.2 Å². The molecule has 1 N–H and O–H groups in total. The van der Waals surface area contributed by atoms with E-state index in [2.05, 4.69) is 69.9 Å². The van der Waals surface area contributed by atoms with Crippen molar-refractivity contribution in [3.63, 3.8) is 0 Å². The Balaban J connectivity index is 0.00000225. The summed E-state index contributed by atoms with van der Waals surface area (Å²) in [5.41, 5.74) is 1.27. The number of hydrogen-bond donors (Lipinski definition) is 1. The minimum absolute atomic E-state index is 0. The van der Waals surface area contributed by atoms with Crippen LogP contribution in [0.25, 0.3) is 10.8 Å². The minimum atomic E-state index is 0. The van der Waals surface area contributed by atoms with Gasteiger partial charge in [0.25, 0.3) is 0 Å². The van der Waals surface area contributed by atoms with E-state index < -0.39 is 0 Å². The quantitative estimate of drug-likeness (QED) is 0.337. The maximum absolute atomic E-state index is 4.81. The molecule has 0 aliphatic heterocycles. The topological polar surface area (TPSA) is 58.3 Å². The SMILES string of the molecule is Cc1nnc(CN=C(NC2CC2)N(C)Cc2ccc3ccccc3c2)n1C.I. The van der Waals surface area contributed by atoms with Gasteiger partial charge in [0, 0.05) is 26.7 Å². The monoisotopic (exact) mass is 490 g/mol. The van der Waals surface area contributed by atoms with Crippen LogP contribution in [-0.2, 0) is 20.1 Å². The Morgan fingerprint density at radius 1 is 1.18 bits per heavy atom. The first-order valence-electron chi connectivity index (χ1n) is 9.45. The number of nitrogens with zero attached hydrogens (tertiary/aromatic N) is 5. The van der Waals surface area contributed by atoms with Gasteiger partial charge in [-0.3, -0.25) is 0 Å². The highest BCUT2D eigenvalue weighted by Gasteiger charge is 2.24. The first-order valence-corrected chi connectivity index (χ1v) is 9.45. The molecule has 1 heterocycles. The van der Waals surface area contributed by atoms with Crippen molar-refractivity contribution in [1.82, 2.24) is 25.0 Å². The van der Waals surface area contributed by atoms with Crippen LogP contribution in [0.15, 0.2) is 47.5 Å². The lowest BCUT2D eigenvalue weighted by Gasteiger charge is -2.23. The molecule has 0 bridgehead atoms. The summed E-state index contributed by atoms with van der Waals surface area (Å²) in [5, 5.41) is 14.4. The molecule has 148 valence electrons. The number of nitrogens with one attached hydrogen (secondary N) is 1. The Labute approximate surface area is 183 Å². The van der Waals surface area contributed by atoms with Gasteiger partial charge in [-0.1, -0.05) is 36.4 Å². The lowest BCUT2D eigenvalue weighted by atomic mass is 10.1. The third-order valence-electron chi connectivity index (χ3n) is 5.06. The molecule has 0 radical (unpaired) electrons. The predicted octanol–water partition coefficient (Wildman–Crippen LogP) is 3.63. The van der Waals surface area contributed by atoms with Gasteiger partial charge in [-0.05, 0) is 42.2 Å². The predicted molar refractivity (Wildman–Crippen MR) is 124 cm³/mol. The molecular weight excluding hydrogens is 463 g/mol. The number of rotatable bonds is 5. The number of hydrogen-bond acceptors (Lipinski definition) is 3. The van der Waals surface area contributed by atoms with Crippen LogP contribution in [0.2, 0.25) is 0 Å². The zero-order chi connectivity index (χ0) is 18.8. The number of aryl methyl sites for hydroxylation is 1. The fraction of sp³-hybridized carbons (Fsp3) is 0.381. The average Bonchev–Trinajstić information content (AvgIpc) is 3.44. The summed E-state index contributed by atoms with van der Waals surface area (Å²) in [6, 6.07) is 15.6. The van der Waals surface area contributed by atoms with Gasteiger partial charge in [-0.2, -0.15) is 0 Å². The fourth-order valence-electron chi connectivity index (χ4n) is 3.11. The van der Waals surface area contributed by atoms with Crippen LogP contribution in [0.3, 0.4) is 0 Å². The Morgan fingerprint density at radius 3 is 2.61 bits per heavy atom. The van der Waals surface area contributed by atoms with Gasteiger partial charge in [0.2, 0.25) is 0 Å². The number of aromatic nitrogens is 3. The van der Waals surface area contributed by atoms with Crippen LogP contribution in [0.4, 0.5) is 0 Å². The lowest BCUT2D eigenvalue weighted by Crippen LogP contribution is -2.39. The lowest BCUT2D eigenvalue weighted by molar-refractivity contribution is 0.473. The molecule has 4 rings (SSSR count). The zero-order valence-electron chi connectivity index (χ0n) is 16.6. The van der Waals surface area contributed by atoms with Crippen molar-refractivity contribution in [2.45, 2.75) is 38.9 Å². The van der Waals surface area contributed by atoms with Gasteiger partial charge >= 0.3 is 0 Å². The molecule has 0 saturated heterocycles. The Morgan fingerprint density at radius 2 is 1.93 bits per heavy atom. The molecule has 1 aliphatic rings. The Kier molecular flexibility index (Phi) is 6.53. The van der Waals surface area contributed by atoms with Crippen LogP contribution in [0, 0.1) is 6.92 Å². The van der Waals surface area contributed by atoms with E-state index in [1.54, 1.807) is 0 Å².